The Labute approximate surface area is 269 Å². The first kappa shape index (κ1) is 35.4. The van der Waals surface area contributed by atoms with Gasteiger partial charge in [-0.1, -0.05) is 55.3 Å². The molecule has 6 atom stereocenters. The minimum absolute atomic E-state index is 0.0208. The van der Waals surface area contributed by atoms with E-state index in [-0.39, 0.29) is 41.2 Å². The molecule has 2 aromatic rings. The Morgan fingerprint density at radius 3 is 2.24 bits per heavy atom. The maximum absolute atomic E-state index is 14.0. The standard InChI is InChI=1S/C34H44ClN3O7/c1-19-13-20(2)15-22(4)45-31(41)18-28(25-8-10-26(39)11-9-25)37-33(43)29(17-24-7-12-30(40)27(35)16-24)38(6)34(44)23(5)36-32(42)21(3)14-19/h7-13,16,20-23,28-29,39-40H,14-15,17-18H2,1-6H3,(H,36,42)(H,37,43)/b19-13+/t20-,21-,22?,23-,28?,29+/m0/s1. The molecule has 0 radical (unpaired) electrons. The van der Waals surface area contributed by atoms with E-state index in [4.69, 9.17) is 16.3 Å². The van der Waals surface area contributed by atoms with Crippen molar-refractivity contribution in [3.63, 3.8) is 0 Å². The van der Waals surface area contributed by atoms with Crippen molar-refractivity contribution in [2.24, 2.45) is 11.8 Å². The van der Waals surface area contributed by atoms with E-state index in [1.54, 1.807) is 32.0 Å². The highest BCUT2D eigenvalue weighted by molar-refractivity contribution is 6.32. The molecule has 1 heterocycles. The molecule has 2 unspecified atom stereocenters. The lowest BCUT2D eigenvalue weighted by atomic mass is 9.95. The zero-order valence-corrected chi connectivity index (χ0v) is 27.4. The van der Waals surface area contributed by atoms with E-state index in [0.717, 1.165) is 5.57 Å². The molecule has 0 aromatic heterocycles. The molecule has 11 heteroatoms. The van der Waals surface area contributed by atoms with E-state index >= 15 is 0 Å². The third-order valence-corrected chi connectivity index (χ3v) is 8.25. The largest absolute Gasteiger partial charge is 0.508 e. The average Bonchev–Trinajstić information content (AvgIpc) is 2.95. The van der Waals surface area contributed by atoms with E-state index in [2.05, 4.69) is 16.7 Å². The zero-order chi connectivity index (χ0) is 33.4. The summed E-state index contributed by atoms with van der Waals surface area (Å²) in [6.07, 6.45) is 2.53. The second-order valence-corrected chi connectivity index (χ2v) is 12.6. The maximum Gasteiger partial charge on any atom is 0.308 e. The van der Waals surface area contributed by atoms with Crippen LogP contribution in [-0.2, 0) is 30.3 Å². The molecule has 0 fully saturated rings. The van der Waals surface area contributed by atoms with Gasteiger partial charge in [0.05, 0.1) is 23.6 Å². The van der Waals surface area contributed by atoms with Crippen molar-refractivity contribution in [3.8, 4) is 11.5 Å². The molecule has 4 N–H and O–H groups in total. The third kappa shape index (κ3) is 10.2. The number of rotatable bonds is 3. The van der Waals surface area contributed by atoms with Crippen molar-refractivity contribution in [1.29, 1.82) is 0 Å². The van der Waals surface area contributed by atoms with Gasteiger partial charge >= 0.3 is 5.97 Å². The second-order valence-electron chi connectivity index (χ2n) is 12.2. The van der Waals surface area contributed by atoms with Gasteiger partial charge in [-0.25, -0.2) is 0 Å². The number of hydrogen-bond donors (Lipinski definition) is 4. The smallest absolute Gasteiger partial charge is 0.308 e. The van der Waals surface area contributed by atoms with Gasteiger partial charge in [-0.2, -0.15) is 0 Å². The minimum Gasteiger partial charge on any atom is -0.508 e. The third-order valence-electron chi connectivity index (χ3n) is 7.95. The molecule has 3 rings (SSSR count). The molecular formula is C34H44ClN3O7. The van der Waals surface area contributed by atoms with Crippen LogP contribution >= 0.6 is 11.6 Å². The summed E-state index contributed by atoms with van der Waals surface area (Å²) in [6.45, 7) is 9.13. The molecule has 1 aliphatic heterocycles. The molecule has 0 bridgehead atoms. The first-order valence-corrected chi connectivity index (χ1v) is 15.5. The van der Waals surface area contributed by atoms with Crippen LogP contribution < -0.4 is 10.6 Å². The quantitative estimate of drug-likeness (QED) is 0.278. The Morgan fingerprint density at radius 1 is 0.933 bits per heavy atom. The van der Waals surface area contributed by atoms with Crippen LogP contribution in [0.1, 0.15) is 71.0 Å². The number of likely N-dealkylation sites (N-methyl/N-ethyl adjacent to an activating group) is 1. The SMILES string of the molecule is C/C1=C\[C@H](C)CC(C)OC(=O)CC(c2ccc(O)cc2)NC(=O)[C@@H](Cc2ccc(O)c(Cl)c2)N(C)C(=O)[C@H](C)NC(=O)[C@@H](C)C1. The number of phenolic OH excluding ortho intramolecular Hbond substituents is 2. The van der Waals surface area contributed by atoms with Gasteiger partial charge in [0.2, 0.25) is 17.7 Å². The number of esters is 1. The number of ether oxygens (including phenoxy) is 1. The molecule has 3 amide bonds. The van der Waals surface area contributed by atoms with E-state index < -0.39 is 47.9 Å². The Kier molecular flexibility index (Phi) is 12.4. The topological polar surface area (TPSA) is 145 Å². The summed E-state index contributed by atoms with van der Waals surface area (Å²) in [5.41, 5.74) is 2.14. The number of allylic oxidation sites excluding steroid dienone is 2. The summed E-state index contributed by atoms with van der Waals surface area (Å²) in [4.78, 5) is 55.1. The fraction of sp³-hybridized carbons (Fsp3) is 0.471. The number of hydrogen-bond acceptors (Lipinski definition) is 7. The van der Waals surface area contributed by atoms with E-state index in [9.17, 15) is 29.4 Å². The predicted octanol–water partition coefficient (Wildman–Crippen LogP) is 4.82. The number of nitrogens with zero attached hydrogens (tertiary/aromatic N) is 1. The normalized spacial score (nSPS) is 27.6. The van der Waals surface area contributed by atoms with Gasteiger partial charge in [0, 0.05) is 19.4 Å². The fourth-order valence-corrected chi connectivity index (χ4v) is 5.82. The lowest BCUT2D eigenvalue weighted by Crippen LogP contribution is -2.55. The average molecular weight is 642 g/mol. The van der Waals surface area contributed by atoms with Crippen molar-refractivity contribution in [3.05, 3.63) is 70.3 Å². The fourth-order valence-electron chi connectivity index (χ4n) is 5.62. The van der Waals surface area contributed by atoms with Crippen molar-refractivity contribution >= 4 is 35.3 Å². The number of carbonyl (C=O) groups excluding carboxylic acids is 4. The molecule has 0 spiro atoms. The Morgan fingerprint density at radius 2 is 1.60 bits per heavy atom. The number of benzene rings is 2. The Bertz CT molecular complexity index is 1410. The van der Waals surface area contributed by atoms with Crippen LogP contribution in [-0.4, -0.2) is 64.0 Å². The first-order valence-electron chi connectivity index (χ1n) is 15.1. The molecule has 0 saturated carbocycles. The number of amides is 3. The highest BCUT2D eigenvalue weighted by Gasteiger charge is 2.33. The molecular weight excluding hydrogens is 598 g/mol. The summed E-state index contributed by atoms with van der Waals surface area (Å²) < 4.78 is 5.73. The number of nitrogens with one attached hydrogen (secondary N) is 2. The predicted molar refractivity (Wildman–Crippen MR) is 171 cm³/mol. The van der Waals surface area contributed by atoms with Crippen LogP contribution in [0, 0.1) is 11.8 Å². The van der Waals surface area contributed by atoms with Crippen LogP contribution in [0.2, 0.25) is 5.02 Å². The van der Waals surface area contributed by atoms with Gasteiger partial charge < -0.3 is 30.5 Å². The number of halogens is 1. The molecule has 2 aromatic carbocycles. The first-order chi connectivity index (χ1) is 21.1. The molecule has 10 nitrogen and oxygen atoms in total. The lowest BCUT2D eigenvalue weighted by molar-refractivity contribution is -0.149. The minimum atomic E-state index is -1.09. The maximum atomic E-state index is 14.0. The molecule has 45 heavy (non-hydrogen) atoms. The van der Waals surface area contributed by atoms with Crippen molar-refractivity contribution < 1.29 is 34.1 Å². The summed E-state index contributed by atoms with van der Waals surface area (Å²) in [5, 5.41) is 25.5. The van der Waals surface area contributed by atoms with Crippen LogP contribution in [0.25, 0.3) is 0 Å². The van der Waals surface area contributed by atoms with Crippen molar-refractivity contribution in [1.82, 2.24) is 15.5 Å². The van der Waals surface area contributed by atoms with Gasteiger partial charge in [0.25, 0.3) is 0 Å². The lowest BCUT2D eigenvalue weighted by Gasteiger charge is -2.32. The summed E-state index contributed by atoms with van der Waals surface area (Å²) in [5.74, 6) is -2.30. The number of carbonyl (C=O) groups is 4. The van der Waals surface area contributed by atoms with Crippen LogP contribution in [0.5, 0.6) is 11.5 Å². The Hall–Kier alpha value is -4.05. The van der Waals surface area contributed by atoms with Gasteiger partial charge in [-0.3, -0.25) is 19.2 Å². The highest BCUT2D eigenvalue weighted by Crippen LogP contribution is 2.26. The number of phenols is 2. The summed E-state index contributed by atoms with van der Waals surface area (Å²) >= 11 is 6.14. The van der Waals surface area contributed by atoms with Gasteiger partial charge in [0.1, 0.15) is 23.6 Å². The molecule has 0 aliphatic carbocycles. The number of aromatic hydroxyl groups is 2. The Balaban J connectivity index is 2.03. The van der Waals surface area contributed by atoms with Crippen molar-refractivity contribution in [2.45, 2.75) is 84.5 Å². The van der Waals surface area contributed by atoms with Crippen molar-refractivity contribution in [2.75, 3.05) is 7.05 Å². The summed E-state index contributed by atoms with van der Waals surface area (Å²) in [7, 11) is 1.48. The van der Waals surface area contributed by atoms with Gasteiger partial charge in [0.15, 0.2) is 0 Å². The van der Waals surface area contributed by atoms with E-state index in [1.807, 2.05) is 20.8 Å². The van der Waals surface area contributed by atoms with E-state index in [1.165, 1.54) is 36.2 Å². The van der Waals surface area contributed by atoms with Crippen LogP contribution in [0.15, 0.2) is 54.1 Å². The van der Waals surface area contributed by atoms with Crippen LogP contribution in [0.4, 0.5) is 0 Å². The van der Waals surface area contributed by atoms with E-state index in [0.29, 0.717) is 24.0 Å². The number of cyclic esters (lactones) is 1. The zero-order valence-electron chi connectivity index (χ0n) is 26.7. The monoisotopic (exact) mass is 641 g/mol. The van der Waals surface area contributed by atoms with Gasteiger partial charge in [-0.05, 0) is 74.9 Å². The van der Waals surface area contributed by atoms with Gasteiger partial charge in [-0.15, -0.1) is 0 Å². The second kappa shape index (κ2) is 15.8. The molecule has 0 saturated heterocycles. The van der Waals surface area contributed by atoms with Crippen LogP contribution in [0.3, 0.4) is 0 Å². The highest BCUT2D eigenvalue weighted by atomic mass is 35.5. The summed E-state index contributed by atoms with van der Waals surface area (Å²) in [6, 6.07) is 7.77. The molecule has 244 valence electrons. The molecule has 1 aliphatic rings.